The van der Waals surface area contributed by atoms with Gasteiger partial charge in [-0.2, -0.15) is 16.8 Å². The van der Waals surface area contributed by atoms with Crippen LogP contribution in [0.3, 0.4) is 0 Å². The van der Waals surface area contributed by atoms with Gasteiger partial charge in [0.25, 0.3) is 20.2 Å². The molecule has 1 aromatic rings. The summed E-state index contributed by atoms with van der Waals surface area (Å²) in [5.74, 6) is -2.47. The SMILES string of the molecule is O=C(O)c1cc(S(=O)(=O)O)cc(S(=O)(=O)O)c1OI. The summed E-state index contributed by atoms with van der Waals surface area (Å²) in [5.41, 5.74) is -0.850. The van der Waals surface area contributed by atoms with E-state index in [1.807, 2.05) is 0 Å². The van der Waals surface area contributed by atoms with E-state index in [0.29, 0.717) is 12.1 Å². The van der Waals surface area contributed by atoms with Crippen LogP contribution in [0.2, 0.25) is 0 Å². The Hall–Kier alpha value is -0.960. The van der Waals surface area contributed by atoms with Gasteiger partial charge in [-0.1, -0.05) is 0 Å². The molecule has 0 fully saturated rings. The van der Waals surface area contributed by atoms with E-state index in [1.54, 1.807) is 0 Å². The molecular formula is C7H5IO9S2. The maximum atomic E-state index is 11.1. The lowest BCUT2D eigenvalue weighted by atomic mass is 10.2. The molecule has 0 atom stereocenters. The highest BCUT2D eigenvalue weighted by Gasteiger charge is 2.27. The first-order valence-electron chi connectivity index (χ1n) is 4.13. The topological polar surface area (TPSA) is 155 Å². The van der Waals surface area contributed by atoms with Crippen LogP contribution in [-0.2, 0) is 20.2 Å². The molecule has 0 heterocycles. The first-order valence-corrected chi connectivity index (χ1v) is 7.89. The van der Waals surface area contributed by atoms with Crippen molar-refractivity contribution in [2.45, 2.75) is 9.79 Å². The lowest BCUT2D eigenvalue weighted by molar-refractivity contribution is 0.0695. The zero-order valence-electron chi connectivity index (χ0n) is 8.64. The molecule has 0 unspecified atom stereocenters. The van der Waals surface area contributed by atoms with Gasteiger partial charge in [0.1, 0.15) is 10.5 Å². The molecule has 0 aliphatic carbocycles. The smallest absolute Gasteiger partial charge is 0.339 e. The fourth-order valence-electron chi connectivity index (χ4n) is 1.16. The Balaban J connectivity index is 3.91. The molecule has 12 heteroatoms. The molecule has 0 saturated heterocycles. The predicted molar refractivity (Wildman–Crippen MR) is 67.7 cm³/mol. The van der Waals surface area contributed by atoms with Gasteiger partial charge in [0, 0.05) is 0 Å². The highest BCUT2D eigenvalue weighted by Crippen LogP contribution is 2.32. The standard InChI is InChI=1S/C7H5IO9S2/c8-17-6-4(7(9)10)1-3(18(11,12)13)2-5(6)19(14,15)16/h1-2H,(H,9,10)(H,11,12,13)(H,14,15,16). The van der Waals surface area contributed by atoms with Crippen molar-refractivity contribution >= 4 is 49.2 Å². The number of hydrogen-bond donors (Lipinski definition) is 3. The normalized spacial score (nSPS) is 12.2. The molecule has 0 radical (unpaired) electrons. The molecule has 0 spiro atoms. The van der Waals surface area contributed by atoms with Gasteiger partial charge in [0.15, 0.2) is 28.8 Å². The van der Waals surface area contributed by atoms with Crippen molar-refractivity contribution in [3.05, 3.63) is 17.7 Å². The summed E-state index contributed by atoms with van der Waals surface area (Å²) in [7, 11) is -9.82. The Morgan fingerprint density at radius 1 is 1.11 bits per heavy atom. The molecule has 0 saturated carbocycles. The lowest BCUT2D eigenvalue weighted by Gasteiger charge is -2.09. The van der Waals surface area contributed by atoms with E-state index in [0.717, 1.165) is 23.0 Å². The minimum absolute atomic E-state index is 0.380. The van der Waals surface area contributed by atoms with E-state index in [4.69, 9.17) is 14.2 Å². The summed E-state index contributed by atoms with van der Waals surface area (Å²) in [4.78, 5) is 8.81. The Labute approximate surface area is 121 Å². The third kappa shape index (κ3) is 3.53. The van der Waals surface area contributed by atoms with Crippen molar-refractivity contribution in [3.63, 3.8) is 0 Å². The van der Waals surface area contributed by atoms with Crippen LogP contribution >= 0.6 is 23.0 Å². The monoisotopic (exact) mass is 424 g/mol. The van der Waals surface area contributed by atoms with Crippen LogP contribution in [0.15, 0.2) is 21.9 Å². The van der Waals surface area contributed by atoms with Gasteiger partial charge in [-0.05, 0) is 12.1 Å². The third-order valence-corrected chi connectivity index (χ3v) is 4.04. The summed E-state index contributed by atoms with van der Waals surface area (Å²) in [6, 6.07) is 0.880. The van der Waals surface area contributed by atoms with Crippen LogP contribution in [0.1, 0.15) is 10.4 Å². The Morgan fingerprint density at radius 3 is 1.95 bits per heavy atom. The summed E-state index contributed by atoms with van der Waals surface area (Å²) < 4.78 is 66.2. The van der Waals surface area contributed by atoms with Crippen LogP contribution < -0.4 is 3.07 Å². The Bertz CT molecular complexity index is 734. The second kappa shape index (κ2) is 5.20. The van der Waals surface area contributed by atoms with E-state index in [2.05, 4.69) is 3.07 Å². The lowest BCUT2D eigenvalue weighted by Crippen LogP contribution is -2.09. The number of carboxylic acid groups (broad SMARTS) is 1. The van der Waals surface area contributed by atoms with Gasteiger partial charge in [-0.15, -0.1) is 0 Å². The van der Waals surface area contributed by atoms with E-state index in [-0.39, 0.29) is 0 Å². The molecule has 106 valence electrons. The molecule has 0 aromatic heterocycles. The zero-order valence-corrected chi connectivity index (χ0v) is 12.4. The maximum absolute atomic E-state index is 11.1. The first kappa shape index (κ1) is 16.1. The largest absolute Gasteiger partial charge is 0.478 e. The number of carboxylic acids is 1. The van der Waals surface area contributed by atoms with Crippen molar-refractivity contribution in [1.82, 2.24) is 0 Å². The van der Waals surface area contributed by atoms with Gasteiger partial charge in [-0.25, -0.2) is 4.79 Å². The summed E-state index contributed by atoms with van der Waals surface area (Å²) in [6.45, 7) is 0. The van der Waals surface area contributed by atoms with Crippen molar-refractivity contribution in [1.29, 1.82) is 0 Å². The molecule has 0 aliphatic rings. The van der Waals surface area contributed by atoms with Crippen LogP contribution in [-0.4, -0.2) is 37.0 Å². The van der Waals surface area contributed by atoms with Gasteiger partial charge in [0.05, 0.1) is 4.90 Å². The second-order valence-corrected chi connectivity index (χ2v) is 6.38. The van der Waals surface area contributed by atoms with Crippen LogP contribution in [0.4, 0.5) is 0 Å². The maximum Gasteiger partial charge on any atom is 0.339 e. The van der Waals surface area contributed by atoms with E-state index < -0.39 is 47.3 Å². The fraction of sp³-hybridized carbons (Fsp3) is 0. The Morgan fingerprint density at radius 2 is 1.63 bits per heavy atom. The van der Waals surface area contributed by atoms with E-state index >= 15 is 0 Å². The molecule has 0 aliphatic heterocycles. The summed E-state index contributed by atoms with van der Waals surface area (Å²) in [5, 5.41) is 8.84. The van der Waals surface area contributed by atoms with Crippen molar-refractivity contribution in [2.75, 3.05) is 0 Å². The van der Waals surface area contributed by atoms with Crippen LogP contribution in [0.5, 0.6) is 5.75 Å². The van der Waals surface area contributed by atoms with Crippen molar-refractivity contribution < 1.29 is 38.9 Å². The van der Waals surface area contributed by atoms with Crippen LogP contribution in [0.25, 0.3) is 0 Å². The first-order chi connectivity index (χ1) is 8.48. The average Bonchev–Trinajstić information content (AvgIpc) is 2.24. The quantitative estimate of drug-likeness (QED) is 0.466. The number of hydrogen-bond acceptors (Lipinski definition) is 6. The Kier molecular flexibility index (Phi) is 4.40. The third-order valence-electron chi connectivity index (χ3n) is 1.91. The number of benzene rings is 1. The van der Waals surface area contributed by atoms with Gasteiger partial charge in [0.2, 0.25) is 0 Å². The minimum Gasteiger partial charge on any atom is -0.478 e. The number of aromatic carboxylic acids is 1. The molecular weight excluding hydrogens is 419 g/mol. The highest BCUT2D eigenvalue weighted by molar-refractivity contribution is 14.1. The summed E-state index contributed by atoms with van der Waals surface area (Å²) >= 11 is 1.16. The van der Waals surface area contributed by atoms with Crippen molar-refractivity contribution in [2.24, 2.45) is 0 Å². The molecule has 1 rings (SSSR count). The van der Waals surface area contributed by atoms with Crippen LogP contribution in [0, 0.1) is 0 Å². The highest BCUT2D eigenvalue weighted by atomic mass is 127. The fourth-order valence-corrected chi connectivity index (χ4v) is 3.05. The second-order valence-electron chi connectivity index (χ2n) is 3.13. The molecule has 1 aromatic carbocycles. The molecule has 0 bridgehead atoms. The van der Waals surface area contributed by atoms with Gasteiger partial charge < -0.3 is 8.17 Å². The number of halogens is 1. The number of rotatable bonds is 4. The van der Waals surface area contributed by atoms with Gasteiger partial charge >= 0.3 is 5.97 Å². The summed E-state index contributed by atoms with van der Waals surface area (Å²) in [6.07, 6.45) is 0. The van der Waals surface area contributed by atoms with Gasteiger partial charge in [-0.3, -0.25) is 9.11 Å². The zero-order chi connectivity index (χ0) is 15.0. The molecule has 19 heavy (non-hydrogen) atoms. The predicted octanol–water partition coefficient (Wildman–Crippen LogP) is 0.607. The average molecular weight is 424 g/mol. The number of carbonyl (C=O) groups is 1. The molecule has 9 nitrogen and oxygen atoms in total. The molecule has 3 N–H and O–H groups in total. The van der Waals surface area contributed by atoms with E-state index in [1.165, 1.54) is 0 Å². The minimum atomic E-state index is -4.95. The molecule has 0 amide bonds. The van der Waals surface area contributed by atoms with Crippen molar-refractivity contribution in [3.8, 4) is 5.75 Å². The van der Waals surface area contributed by atoms with E-state index in [9.17, 15) is 21.6 Å².